The lowest BCUT2D eigenvalue weighted by molar-refractivity contribution is -0.146. The molecule has 4 heteroatoms. The van der Waals surface area contributed by atoms with Crippen LogP contribution in [0, 0.1) is 5.92 Å². The SMILES string of the molecule is CCOC1(C(=O)NC[C@@H]2CCC[C@@H]2O)CCCC1. The number of hydrogen-bond donors (Lipinski definition) is 2. The van der Waals surface area contributed by atoms with Crippen molar-refractivity contribution < 1.29 is 14.6 Å². The van der Waals surface area contributed by atoms with Crippen LogP contribution in [0.5, 0.6) is 0 Å². The molecule has 0 heterocycles. The number of carbonyl (C=O) groups is 1. The van der Waals surface area contributed by atoms with Gasteiger partial charge in [0.15, 0.2) is 0 Å². The second kappa shape index (κ2) is 6.02. The lowest BCUT2D eigenvalue weighted by Crippen LogP contribution is -2.48. The number of aliphatic hydroxyl groups is 1. The molecule has 0 aliphatic heterocycles. The summed E-state index contributed by atoms with van der Waals surface area (Å²) in [6.45, 7) is 3.11. The largest absolute Gasteiger partial charge is 0.393 e. The second-order valence-electron chi connectivity index (χ2n) is 5.60. The third-order valence-corrected chi connectivity index (χ3v) is 4.39. The summed E-state index contributed by atoms with van der Waals surface area (Å²) in [5.74, 6) is 0.259. The van der Waals surface area contributed by atoms with Crippen molar-refractivity contribution in [3.8, 4) is 0 Å². The second-order valence-corrected chi connectivity index (χ2v) is 5.60. The number of aliphatic hydroxyl groups excluding tert-OH is 1. The number of rotatable bonds is 5. The van der Waals surface area contributed by atoms with E-state index in [1.54, 1.807) is 0 Å². The average Bonchev–Trinajstić information content (AvgIpc) is 2.97. The summed E-state index contributed by atoms with van der Waals surface area (Å²) in [6, 6.07) is 0. The molecule has 4 nitrogen and oxygen atoms in total. The number of carbonyl (C=O) groups excluding carboxylic acids is 1. The fourth-order valence-corrected chi connectivity index (χ4v) is 3.30. The first-order valence-corrected chi connectivity index (χ1v) is 7.28. The van der Waals surface area contributed by atoms with E-state index in [2.05, 4.69) is 5.32 Å². The molecule has 2 saturated carbocycles. The third-order valence-electron chi connectivity index (χ3n) is 4.39. The van der Waals surface area contributed by atoms with Crippen LogP contribution in [0.4, 0.5) is 0 Å². The maximum absolute atomic E-state index is 12.3. The molecule has 104 valence electrons. The zero-order valence-corrected chi connectivity index (χ0v) is 11.3. The average molecular weight is 255 g/mol. The van der Waals surface area contributed by atoms with Crippen LogP contribution < -0.4 is 5.32 Å². The van der Waals surface area contributed by atoms with Gasteiger partial charge in [0.2, 0.25) is 0 Å². The molecule has 2 N–H and O–H groups in total. The summed E-state index contributed by atoms with van der Waals surface area (Å²) in [4.78, 5) is 12.3. The Hall–Kier alpha value is -0.610. The van der Waals surface area contributed by atoms with E-state index in [0.717, 1.165) is 44.9 Å². The van der Waals surface area contributed by atoms with Crippen molar-refractivity contribution in [3.63, 3.8) is 0 Å². The normalized spacial score (nSPS) is 30.6. The lowest BCUT2D eigenvalue weighted by atomic mass is 9.99. The van der Waals surface area contributed by atoms with Gasteiger partial charge in [-0.25, -0.2) is 0 Å². The summed E-state index contributed by atoms with van der Waals surface area (Å²) in [5, 5.41) is 12.8. The maximum atomic E-state index is 12.3. The zero-order valence-electron chi connectivity index (χ0n) is 11.3. The van der Waals surface area contributed by atoms with Gasteiger partial charge in [-0.05, 0) is 45.4 Å². The molecule has 0 bridgehead atoms. The third kappa shape index (κ3) is 2.86. The highest BCUT2D eigenvalue weighted by Gasteiger charge is 2.42. The van der Waals surface area contributed by atoms with Gasteiger partial charge in [0, 0.05) is 19.1 Å². The Labute approximate surface area is 109 Å². The molecule has 1 amide bonds. The summed E-state index contributed by atoms with van der Waals surface area (Å²) < 4.78 is 5.72. The first kappa shape index (κ1) is 13.8. The van der Waals surface area contributed by atoms with Crippen LogP contribution in [-0.2, 0) is 9.53 Å². The van der Waals surface area contributed by atoms with Gasteiger partial charge in [-0.3, -0.25) is 4.79 Å². The van der Waals surface area contributed by atoms with Crippen molar-refractivity contribution in [3.05, 3.63) is 0 Å². The first-order valence-electron chi connectivity index (χ1n) is 7.28. The molecule has 2 fully saturated rings. The molecule has 0 aromatic heterocycles. The Bertz CT molecular complexity index is 287. The quantitative estimate of drug-likeness (QED) is 0.784. The highest BCUT2D eigenvalue weighted by atomic mass is 16.5. The minimum atomic E-state index is -0.585. The van der Waals surface area contributed by atoms with Crippen LogP contribution in [0.15, 0.2) is 0 Å². The van der Waals surface area contributed by atoms with Crippen molar-refractivity contribution in [1.29, 1.82) is 0 Å². The highest BCUT2D eigenvalue weighted by molar-refractivity contribution is 5.85. The monoisotopic (exact) mass is 255 g/mol. The molecule has 18 heavy (non-hydrogen) atoms. The maximum Gasteiger partial charge on any atom is 0.252 e. The fraction of sp³-hybridized carbons (Fsp3) is 0.929. The summed E-state index contributed by atoms with van der Waals surface area (Å²) >= 11 is 0. The summed E-state index contributed by atoms with van der Waals surface area (Å²) in [6.07, 6.45) is 6.52. The van der Waals surface area contributed by atoms with Crippen LogP contribution >= 0.6 is 0 Å². The van der Waals surface area contributed by atoms with Gasteiger partial charge in [-0.1, -0.05) is 6.42 Å². The predicted molar refractivity (Wildman–Crippen MR) is 69.2 cm³/mol. The van der Waals surface area contributed by atoms with E-state index in [-0.39, 0.29) is 17.9 Å². The topological polar surface area (TPSA) is 58.6 Å². The molecule has 0 aromatic carbocycles. The van der Waals surface area contributed by atoms with Gasteiger partial charge in [0.05, 0.1) is 6.10 Å². The molecule has 0 spiro atoms. The van der Waals surface area contributed by atoms with Crippen LogP contribution in [0.2, 0.25) is 0 Å². The Morgan fingerprint density at radius 1 is 1.33 bits per heavy atom. The molecule has 2 aliphatic rings. The van der Waals surface area contributed by atoms with Crippen molar-refractivity contribution >= 4 is 5.91 Å². The Balaban J connectivity index is 1.85. The Morgan fingerprint density at radius 3 is 2.61 bits per heavy atom. The first-order chi connectivity index (χ1) is 8.68. The molecule has 0 aromatic rings. The molecule has 2 aliphatic carbocycles. The highest BCUT2D eigenvalue weighted by Crippen LogP contribution is 2.33. The number of nitrogens with one attached hydrogen (secondary N) is 1. The van der Waals surface area contributed by atoms with Gasteiger partial charge in [0.1, 0.15) is 5.60 Å². The lowest BCUT2D eigenvalue weighted by Gasteiger charge is -2.28. The zero-order chi connectivity index (χ0) is 13.0. The van der Waals surface area contributed by atoms with Crippen LogP contribution in [0.3, 0.4) is 0 Å². The molecule has 0 saturated heterocycles. The minimum Gasteiger partial charge on any atom is -0.393 e. The molecule has 0 unspecified atom stereocenters. The van der Waals surface area contributed by atoms with E-state index in [1.807, 2.05) is 6.92 Å². The van der Waals surface area contributed by atoms with E-state index in [1.165, 1.54) is 0 Å². The number of amides is 1. The van der Waals surface area contributed by atoms with Crippen molar-refractivity contribution in [2.45, 2.75) is 63.6 Å². The van der Waals surface area contributed by atoms with Crippen molar-refractivity contribution in [2.75, 3.05) is 13.2 Å². The number of hydrogen-bond acceptors (Lipinski definition) is 3. The van der Waals surface area contributed by atoms with Crippen LogP contribution in [0.25, 0.3) is 0 Å². The molecule has 2 rings (SSSR count). The van der Waals surface area contributed by atoms with Crippen LogP contribution in [-0.4, -0.2) is 35.9 Å². The molecule has 2 atom stereocenters. The van der Waals surface area contributed by atoms with Crippen molar-refractivity contribution in [2.24, 2.45) is 5.92 Å². The molecular formula is C14H25NO3. The summed E-state index contributed by atoms with van der Waals surface area (Å²) in [7, 11) is 0. The van der Waals surface area contributed by atoms with Gasteiger partial charge in [-0.15, -0.1) is 0 Å². The van der Waals surface area contributed by atoms with E-state index < -0.39 is 5.60 Å². The minimum absolute atomic E-state index is 0.0287. The molecule has 0 radical (unpaired) electrons. The van der Waals surface area contributed by atoms with Gasteiger partial charge < -0.3 is 15.2 Å². The smallest absolute Gasteiger partial charge is 0.252 e. The Kier molecular flexibility index (Phi) is 4.62. The van der Waals surface area contributed by atoms with Crippen LogP contribution in [0.1, 0.15) is 51.9 Å². The predicted octanol–water partition coefficient (Wildman–Crippen LogP) is 1.61. The molecular weight excluding hydrogens is 230 g/mol. The summed E-state index contributed by atoms with van der Waals surface area (Å²) in [5.41, 5.74) is -0.585. The Morgan fingerprint density at radius 2 is 2.06 bits per heavy atom. The number of ether oxygens (including phenoxy) is 1. The van der Waals surface area contributed by atoms with Gasteiger partial charge >= 0.3 is 0 Å². The van der Waals surface area contributed by atoms with Crippen molar-refractivity contribution in [1.82, 2.24) is 5.32 Å². The fourth-order valence-electron chi connectivity index (χ4n) is 3.30. The van der Waals surface area contributed by atoms with Gasteiger partial charge in [-0.2, -0.15) is 0 Å². The van der Waals surface area contributed by atoms with E-state index in [0.29, 0.717) is 13.2 Å². The van der Waals surface area contributed by atoms with E-state index >= 15 is 0 Å². The van der Waals surface area contributed by atoms with E-state index in [4.69, 9.17) is 4.74 Å². The van der Waals surface area contributed by atoms with Gasteiger partial charge in [0.25, 0.3) is 5.91 Å². The standard InChI is InChI=1S/C14H25NO3/c1-2-18-14(8-3-4-9-14)13(17)15-10-11-6-5-7-12(11)16/h11-12,16H,2-10H2,1H3,(H,15,17)/t11-,12-/m0/s1. The van der Waals surface area contributed by atoms with E-state index in [9.17, 15) is 9.90 Å².